The smallest absolute Gasteiger partial charge is 0.348 e. The summed E-state index contributed by atoms with van der Waals surface area (Å²) in [6.45, 7) is 8.67. The highest BCUT2D eigenvalue weighted by Gasteiger charge is 2.22. The highest BCUT2D eigenvalue weighted by molar-refractivity contribution is 7.20. The quantitative estimate of drug-likeness (QED) is 0.731. The normalized spacial score (nSPS) is 12.4. The number of esters is 2. The van der Waals surface area contributed by atoms with Crippen molar-refractivity contribution in [2.75, 3.05) is 0 Å². The van der Waals surface area contributed by atoms with Gasteiger partial charge in [-0.05, 0) is 39.7 Å². The first-order valence-electron chi connectivity index (χ1n) is 8.13. The van der Waals surface area contributed by atoms with Gasteiger partial charge in [0, 0.05) is 0 Å². The summed E-state index contributed by atoms with van der Waals surface area (Å²) in [5.41, 5.74) is 0.152. The fraction of sp³-hybridized carbons (Fsp3) is 0.529. The third kappa shape index (κ3) is 4.25. The average Bonchev–Trinajstić information content (AvgIpc) is 2.87. The Morgan fingerprint density at radius 2 is 1.96 bits per heavy atom. The van der Waals surface area contributed by atoms with Crippen LogP contribution in [0.1, 0.15) is 49.4 Å². The number of hydrogen-bond acceptors (Lipinski definition) is 7. The van der Waals surface area contributed by atoms with Gasteiger partial charge in [-0.1, -0.05) is 6.92 Å². The number of thiophene rings is 1. The average molecular weight is 366 g/mol. The molecule has 25 heavy (non-hydrogen) atoms. The molecular weight excluding hydrogens is 344 g/mol. The van der Waals surface area contributed by atoms with Crippen LogP contribution in [0, 0.1) is 6.92 Å². The van der Waals surface area contributed by atoms with E-state index in [2.05, 4.69) is 4.98 Å². The molecule has 7 nitrogen and oxygen atoms in total. The molecule has 1 atom stereocenters. The molecule has 0 aromatic carbocycles. The fourth-order valence-corrected chi connectivity index (χ4v) is 3.25. The summed E-state index contributed by atoms with van der Waals surface area (Å²) in [7, 11) is 0. The fourth-order valence-electron chi connectivity index (χ4n) is 2.23. The van der Waals surface area contributed by atoms with Gasteiger partial charge in [-0.3, -0.25) is 14.2 Å². The number of aromatic nitrogens is 2. The third-order valence-corrected chi connectivity index (χ3v) is 4.83. The summed E-state index contributed by atoms with van der Waals surface area (Å²) in [5.74, 6) is -0.970. The molecule has 0 fully saturated rings. The van der Waals surface area contributed by atoms with E-state index < -0.39 is 11.9 Å². The summed E-state index contributed by atoms with van der Waals surface area (Å²) in [5, 5.41) is 0.334. The first kappa shape index (κ1) is 19.1. The lowest BCUT2D eigenvalue weighted by Gasteiger charge is -2.10. The molecule has 0 aliphatic heterocycles. The first-order valence-corrected chi connectivity index (χ1v) is 8.95. The van der Waals surface area contributed by atoms with Crippen molar-refractivity contribution in [1.82, 2.24) is 9.55 Å². The summed E-state index contributed by atoms with van der Waals surface area (Å²) in [6, 6.07) is 0. The Morgan fingerprint density at radius 1 is 1.28 bits per heavy atom. The van der Waals surface area contributed by atoms with Crippen molar-refractivity contribution in [2.45, 2.75) is 59.8 Å². The number of rotatable bonds is 6. The number of nitrogens with zero attached hydrogens (tertiary/aromatic N) is 2. The van der Waals surface area contributed by atoms with Crippen LogP contribution in [0.15, 0.2) is 11.1 Å². The molecule has 0 aliphatic rings. The molecule has 1 unspecified atom stereocenters. The van der Waals surface area contributed by atoms with Gasteiger partial charge in [-0.15, -0.1) is 11.3 Å². The van der Waals surface area contributed by atoms with Crippen LogP contribution in [-0.4, -0.2) is 33.7 Å². The van der Waals surface area contributed by atoms with Gasteiger partial charge in [0.1, 0.15) is 16.3 Å². The number of carbonyl (C=O) groups is 2. The second-order valence-corrected chi connectivity index (χ2v) is 7.08. The zero-order chi connectivity index (χ0) is 18.7. The maximum atomic E-state index is 12.7. The van der Waals surface area contributed by atoms with Crippen LogP contribution in [0.25, 0.3) is 10.2 Å². The van der Waals surface area contributed by atoms with Crippen LogP contribution in [0.4, 0.5) is 0 Å². The van der Waals surface area contributed by atoms with Crippen molar-refractivity contribution < 1.29 is 19.1 Å². The predicted molar refractivity (Wildman–Crippen MR) is 95.0 cm³/mol. The van der Waals surface area contributed by atoms with E-state index in [0.717, 1.165) is 11.3 Å². The molecule has 0 saturated heterocycles. The highest BCUT2D eigenvalue weighted by Crippen LogP contribution is 2.27. The predicted octanol–water partition coefficient (Wildman–Crippen LogP) is 2.67. The van der Waals surface area contributed by atoms with Crippen molar-refractivity contribution in [3.8, 4) is 0 Å². The second-order valence-electron chi connectivity index (χ2n) is 6.08. The van der Waals surface area contributed by atoms with Gasteiger partial charge in [0.15, 0.2) is 0 Å². The number of fused-ring (bicyclic) bond motifs is 1. The van der Waals surface area contributed by atoms with E-state index in [4.69, 9.17) is 9.47 Å². The molecule has 0 amide bonds. The summed E-state index contributed by atoms with van der Waals surface area (Å²) in [6.07, 6.45) is 1.54. The lowest BCUT2D eigenvalue weighted by Crippen LogP contribution is -2.26. The van der Waals surface area contributed by atoms with E-state index in [1.165, 1.54) is 10.9 Å². The van der Waals surface area contributed by atoms with Crippen molar-refractivity contribution in [3.63, 3.8) is 0 Å². The third-order valence-electron chi connectivity index (χ3n) is 3.65. The van der Waals surface area contributed by atoms with Crippen molar-refractivity contribution in [2.24, 2.45) is 0 Å². The van der Waals surface area contributed by atoms with Crippen molar-refractivity contribution in [3.05, 3.63) is 27.1 Å². The molecule has 0 aliphatic carbocycles. The molecule has 0 radical (unpaired) electrons. The molecule has 136 valence electrons. The monoisotopic (exact) mass is 366 g/mol. The second kappa shape index (κ2) is 7.77. The van der Waals surface area contributed by atoms with Crippen LogP contribution >= 0.6 is 11.3 Å². The Bertz CT molecular complexity index is 853. The van der Waals surface area contributed by atoms with Crippen LogP contribution in [0.2, 0.25) is 0 Å². The number of aryl methyl sites for hydroxylation is 1. The van der Waals surface area contributed by atoms with Gasteiger partial charge in [0.05, 0.1) is 23.9 Å². The van der Waals surface area contributed by atoms with Gasteiger partial charge >= 0.3 is 11.9 Å². The largest absolute Gasteiger partial charge is 0.462 e. The van der Waals surface area contributed by atoms with Gasteiger partial charge in [0.25, 0.3) is 5.56 Å². The lowest BCUT2D eigenvalue weighted by molar-refractivity contribution is -0.148. The van der Waals surface area contributed by atoms with Gasteiger partial charge < -0.3 is 9.47 Å². The molecule has 0 bridgehead atoms. The standard InChI is InChI=1S/C17H22N2O5S/c1-6-10(4)24-17(22)14-11(5)13-15(25-14)18-8-19(16(13)21)7-12(20)23-9(2)3/h8-10H,6-7H2,1-5H3. The molecule has 8 heteroatoms. The van der Waals surface area contributed by atoms with E-state index >= 15 is 0 Å². The Balaban J connectivity index is 2.38. The Morgan fingerprint density at radius 3 is 2.56 bits per heavy atom. The van der Waals surface area contributed by atoms with Crippen LogP contribution in [0.5, 0.6) is 0 Å². The van der Waals surface area contributed by atoms with Crippen LogP contribution in [0.3, 0.4) is 0 Å². The van der Waals surface area contributed by atoms with Crippen molar-refractivity contribution in [1.29, 1.82) is 0 Å². The topological polar surface area (TPSA) is 87.5 Å². The minimum Gasteiger partial charge on any atom is -0.462 e. The van der Waals surface area contributed by atoms with E-state index in [-0.39, 0.29) is 24.3 Å². The SMILES string of the molecule is CCC(C)OC(=O)c1sc2ncn(CC(=O)OC(C)C)c(=O)c2c1C. The summed E-state index contributed by atoms with van der Waals surface area (Å²) < 4.78 is 11.6. The van der Waals surface area contributed by atoms with E-state index in [1.807, 2.05) is 13.8 Å². The summed E-state index contributed by atoms with van der Waals surface area (Å²) in [4.78, 5) is 41.7. The maximum Gasteiger partial charge on any atom is 0.348 e. The molecule has 0 saturated carbocycles. The lowest BCUT2D eigenvalue weighted by atomic mass is 10.2. The molecule has 2 aromatic rings. The highest BCUT2D eigenvalue weighted by atomic mass is 32.1. The minimum absolute atomic E-state index is 0.201. The van der Waals surface area contributed by atoms with Crippen molar-refractivity contribution >= 4 is 33.5 Å². The maximum absolute atomic E-state index is 12.7. The van der Waals surface area contributed by atoms with Gasteiger partial charge in [-0.2, -0.15) is 0 Å². The van der Waals surface area contributed by atoms with Crippen LogP contribution < -0.4 is 5.56 Å². The molecular formula is C17H22N2O5S. The van der Waals surface area contributed by atoms with Crippen LogP contribution in [-0.2, 0) is 20.8 Å². The number of hydrogen-bond donors (Lipinski definition) is 0. The molecule has 2 aromatic heterocycles. The van der Waals surface area contributed by atoms with Gasteiger partial charge in [0.2, 0.25) is 0 Å². The van der Waals surface area contributed by atoms with E-state index in [9.17, 15) is 14.4 Å². The minimum atomic E-state index is -0.512. The molecule has 2 heterocycles. The summed E-state index contributed by atoms with van der Waals surface area (Å²) >= 11 is 1.12. The molecule has 0 spiro atoms. The number of carbonyl (C=O) groups excluding carboxylic acids is 2. The van der Waals surface area contributed by atoms with Gasteiger partial charge in [-0.25, -0.2) is 9.78 Å². The van der Waals surface area contributed by atoms with E-state index in [1.54, 1.807) is 20.8 Å². The Kier molecular flexibility index (Phi) is 5.94. The molecule has 2 rings (SSSR count). The zero-order valence-electron chi connectivity index (χ0n) is 15.0. The Hall–Kier alpha value is -2.22. The number of ether oxygens (including phenoxy) is 2. The Labute approximate surface area is 149 Å². The zero-order valence-corrected chi connectivity index (χ0v) is 15.8. The van der Waals surface area contributed by atoms with E-state index in [0.29, 0.717) is 27.1 Å². The molecule has 0 N–H and O–H groups in total. The first-order chi connectivity index (χ1) is 11.7.